The van der Waals surface area contributed by atoms with Gasteiger partial charge in [-0.2, -0.15) is 0 Å². The number of carbonyl (C=O) groups is 1. The molecular weight excluding hydrogens is 214 g/mol. The van der Waals surface area contributed by atoms with E-state index in [1.54, 1.807) is 0 Å². The van der Waals surface area contributed by atoms with Crippen molar-refractivity contribution in [2.75, 3.05) is 19.6 Å². The molecule has 0 aromatic heterocycles. The zero-order valence-electron chi connectivity index (χ0n) is 11.6. The van der Waals surface area contributed by atoms with Crippen LogP contribution in [-0.4, -0.2) is 48.6 Å². The number of nitrogens with one attached hydrogen (secondary N) is 2. The minimum Gasteiger partial charge on any atom is -0.352 e. The molecule has 0 saturated carbocycles. The maximum absolute atomic E-state index is 12.1. The van der Waals surface area contributed by atoms with Gasteiger partial charge in [-0.1, -0.05) is 13.3 Å². The van der Waals surface area contributed by atoms with Crippen molar-refractivity contribution >= 4 is 5.91 Å². The van der Waals surface area contributed by atoms with Gasteiger partial charge in [0.05, 0.1) is 6.04 Å². The van der Waals surface area contributed by atoms with E-state index in [1.165, 1.54) is 0 Å². The average Bonchev–Trinajstić information content (AvgIpc) is 2.28. The zero-order chi connectivity index (χ0) is 12.8. The molecule has 1 amide bonds. The van der Waals surface area contributed by atoms with Crippen LogP contribution in [0.3, 0.4) is 0 Å². The lowest BCUT2D eigenvalue weighted by Crippen LogP contribution is -2.56. The van der Waals surface area contributed by atoms with Gasteiger partial charge < -0.3 is 10.6 Å². The van der Waals surface area contributed by atoms with Crippen molar-refractivity contribution in [2.24, 2.45) is 0 Å². The van der Waals surface area contributed by atoms with E-state index in [9.17, 15) is 4.79 Å². The fourth-order valence-electron chi connectivity index (χ4n) is 2.35. The van der Waals surface area contributed by atoms with Gasteiger partial charge in [-0.25, -0.2) is 0 Å². The van der Waals surface area contributed by atoms with Crippen LogP contribution in [0.5, 0.6) is 0 Å². The minimum absolute atomic E-state index is 0.0149. The molecule has 17 heavy (non-hydrogen) atoms. The van der Waals surface area contributed by atoms with Crippen LogP contribution in [-0.2, 0) is 4.79 Å². The topological polar surface area (TPSA) is 44.4 Å². The Morgan fingerprint density at radius 3 is 2.82 bits per heavy atom. The summed E-state index contributed by atoms with van der Waals surface area (Å²) >= 11 is 0. The molecule has 0 spiro atoms. The van der Waals surface area contributed by atoms with Gasteiger partial charge in [0.1, 0.15) is 0 Å². The van der Waals surface area contributed by atoms with E-state index in [0.717, 1.165) is 32.5 Å². The average molecular weight is 241 g/mol. The Kier molecular flexibility index (Phi) is 5.92. The molecule has 0 bridgehead atoms. The van der Waals surface area contributed by atoms with Crippen LogP contribution < -0.4 is 10.6 Å². The molecule has 2 unspecified atom stereocenters. The predicted octanol–water partition coefficient (Wildman–Crippen LogP) is 0.973. The van der Waals surface area contributed by atoms with E-state index in [2.05, 4.69) is 36.3 Å². The maximum atomic E-state index is 12.1. The first-order chi connectivity index (χ1) is 8.04. The number of rotatable bonds is 5. The van der Waals surface area contributed by atoms with E-state index in [1.807, 2.05) is 6.92 Å². The van der Waals surface area contributed by atoms with Crippen LogP contribution in [0.1, 0.15) is 40.5 Å². The highest BCUT2D eigenvalue weighted by atomic mass is 16.2. The summed E-state index contributed by atoms with van der Waals surface area (Å²) in [6, 6.07) is 0.751. The second-order valence-corrected chi connectivity index (χ2v) is 5.22. The van der Waals surface area contributed by atoms with Gasteiger partial charge in [-0.15, -0.1) is 0 Å². The van der Waals surface area contributed by atoms with E-state index < -0.39 is 0 Å². The van der Waals surface area contributed by atoms with E-state index in [0.29, 0.717) is 6.04 Å². The monoisotopic (exact) mass is 241 g/mol. The van der Waals surface area contributed by atoms with Gasteiger partial charge in [0.2, 0.25) is 5.91 Å². The van der Waals surface area contributed by atoms with Crippen molar-refractivity contribution in [1.82, 2.24) is 15.5 Å². The summed E-state index contributed by atoms with van der Waals surface area (Å²) in [6.07, 6.45) is 2.16. The number of hydrogen-bond acceptors (Lipinski definition) is 3. The molecule has 1 fully saturated rings. The van der Waals surface area contributed by atoms with Crippen LogP contribution >= 0.6 is 0 Å². The Morgan fingerprint density at radius 2 is 2.24 bits per heavy atom. The van der Waals surface area contributed by atoms with Gasteiger partial charge in [0, 0.05) is 31.7 Å². The number of hydrogen-bond donors (Lipinski definition) is 2. The molecule has 1 aliphatic heterocycles. The first-order valence-corrected chi connectivity index (χ1v) is 6.82. The molecule has 0 radical (unpaired) electrons. The highest BCUT2D eigenvalue weighted by Crippen LogP contribution is 2.05. The normalized spacial score (nSPS) is 25.3. The van der Waals surface area contributed by atoms with Crippen molar-refractivity contribution in [2.45, 2.75) is 58.7 Å². The number of nitrogens with zero attached hydrogens (tertiary/aromatic N) is 1. The highest BCUT2D eigenvalue weighted by Gasteiger charge is 2.25. The lowest BCUT2D eigenvalue weighted by atomic mass is 10.1. The summed E-state index contributed by atoms with van der Waals surface area (Å²) in [7, 11) is 0. The molecule has 1 heterocycles. The minimum atomic E-state index is -0.0149. The molecule has 1 aliphatic rings. The Labute approximate surface area is 105 Å². The van der Waals surface area contributed by atoms with E-state index >= 15 is 0 Å². The number of carbonyl (C=O) groups excluding carboxylic acids is 1. The SMILES string of the molecule is CCCC(C)NC(=O)C(C)N1CCN[C@H](C)C1. The maximum Gasteiger partial charge on any atom is 0.237 e. The summed E-state index contributed by atoms with van der Waals surface area (Å²) in [6.45, 7) is 11.3. The van der Waals surface area contributed by atoms with Crippen LogP contribution in [0.25, 0.3) is 0 Å². The van der Waals surface area contributed by atoms with Gasteiger partial charge in [-0.3, -0.25) is 9.69 Å². The smallest absolute Gasteiger partial charge is 0.237 e. The fraction of sp³-hybridized carbons (Fsp3) is 0.923. The third-order valence-electron chi connectivity index (χ3n) is 3.44. The highest BCUT2D eigenvalue weighted by molar-refractivity contribution is 5.81. The Bertz CT molecular complexity index is 245. The summed E-state index contributed by atoms with van der Waals surface area (Å²) in [5.74, 6) is 0.167. The van der Waals surface area contributed by atoms with Crippen LogP contribution in [0, 0.1) is 0 Å². The van der Waals surface area contributed by atoms with Crippen LogP contribution in [0.2, 0.25) is 0 Å². The Balaban J connectivity index is 2.39. The van der Waals surface area contributed by atoms with Gasteiger partial charge in [0.15, 0.2) is 0 Å². The molecular formula is C13H27N3O. The van der Waals surface area contributed by atoms with Crippen molar-refractivity contribution in [3.05, 3.63) is 0 Å². The lowest BCUT2D eigenvalue weighted by molar-refractivity contribution is -0.126. The number of piperazine rings is 1. The summed E-state index contributed by atoms with van der Waals surface area (Å²) < 4.78 is 0. The van der Waals surface area contributed by atoms with Crippen molar-refractivity contribution in [3.8, 4) is 0 Å². The third kappa shape index (κ3) is 4.64. The molecule has 100 valence electrons. The second kappa shape index (κ2) is 6.97. The third-order valence-corrected chi connectivity index (χ3v) is 3.44. The first kappa shape index (κ1) is 14.5. The van der Waals surface area contributed by atoms with E-state index in [-0.39, 0.29) is 18.0 Å². The zero-order valence-corrected chi connectivity index (χ0v) is 11.6. The predicted molar refractivity (Wildman–Crippen MR) is 71.0 cm³/mol. The largest absolute Gasteiger partial charge is 0.352 e. The molecule has 4 heteroatoms. The van der Waals surface area contributed by atoms with Crippen molar-refractivity contribution in [3.63, 3.8) is 0 Å². The van der Waals surface area contributed by atoms with Gasteiger partial charge in [0.25, 0.3) is 0 Å². The van der Waals surface area contributed by atoms with Crippen LogP contribution in [0.15, 0.2) is 0 Å². The molecule has 1 saturated heterocycles. The molecule has 0 aromatic carbocycles. The molecule has 0 aromatic rings. The Morgan fingerprint density at radius 1 is 1.53 bits per heavy atom. The molecule has 1 rings (SSSR count). The molecule has 3 atom stereocenters. The molecule has 4 nitrogen and oxygen atoms in total. The lowest BCUT2D eigenvalue weighted by Gasteiger charge is -2.35. The second-order valence-electron chi connectivity index (χ2n) is 5.22. The first-order valence-electron chi connectivity index (χ1n) is 6.82. The number of amides is 1. The van der Waals surface area contributed by atoms with Crippen LogP contribution in [0.4, 0.5) is 0 Å². The Hall–Kier alpha value is -0.610. The standard InChI is InChI=1S/C13H27N3O/c1-5-6-10(2)15-13(17)12(4)16-8-7-14-11(3)9-16/h10-12,14H,5-9H2,1-4H3,(H,15,17)/t10?,11-,12?/m1/s1. The molecule has 2 N–H and O–H groups in total. The summed E-state index contributed by atoms with van der Waals surface area (Å²) in [5.41, 5.74) is 0. The summed E-state index contributed by atoms with van der Waals surface area (Å²) in [4.78, 5) is 14.3. The summed E-state index contributed by atoms with van der Waals surface area (Å²) in [5, 5.41) is 6.49. The van der Waals surface area contributed by atoms with Crippen molar-refractivity contribution < 1.29 is 4.79 Å². The van der Waals surface area contributed by atoms with Gasteiger partial charge >= 0.3 is 0 Å². The van der Waals surface area contributed by atoms with E-state index in [4.69, 9.17) is 0 Å². The fourth-order valence-corrected chi connectivity index (χ4v) is 2.35. The quantitative estimate of drug-likeness (QED) is 0.754. The van der Waals surface area contributed by atoms with Crippen molar-refractivity contribution in [1.29, 1.82) is 0 Å². The molecule has 0 aliphatic carbocycles. The van der Waals surface area contributed by atoms with Gasteiger partial charge in [-0.05, 0) is 27.2 Å².